The quantitative estimate of drug-likeness (QED) is 0.358. The summed E-state index contributed by atoms with van der Waals surface area (Å²) in [6.45, 7) is -0.250. The lowest BCUT2D eigenvalue weighted by Gasteiger charge is -1.91. The zero-order chi connectivity index (χ0) is 21.7. The molecule has 0 atom stereocenters. The lowest BCUT2D eigenvalue weighted by Crippen LogP contribution is -2.08. The van der Waals surface area contributed by atoms with E-state index in [9.17, 15) is 0 Å². The van der Waals surface area contributed by atoms with Gasteiger partial charge in [-0.1, -0.05) is 0 Å². The highest BCUT2D eigenvalue weighted by Gasteiger charge is 1.29. The molecule has 120 valence electrons. The Morgan fingerprint density at radius 2 is 0.542 bits per heavy atom. The number of nitrogens with two attached hydrogens (primary N) is 2. The summed E-state index contributed by atoms with van der Waals surface area (Å²) in [5.74, 6) is 8.75. The monoisotopic (exact) mass is 314 g/mol. The number of hydrogen-bond donors (Lipinski definition) is 2. The fourth-order valence-corrected chi connectivity index (χ4v) is 0. The highest BCUT2D eigenvalue weighted by molar-refractivity contribution is 6.22. The van der Waals surface area contributed by atoms with E-state index in [1.165, 1.54) is 0 Å². The predicted molar refractivity (Wildman–Crippen MR) is 113 cm³/mol. The second kappa shape index (κ2) is 238. The molecule has 0 rings (SSSR count). The number of terminal acetylenes is 5. The van der Waals surface area contributed by atoms with Gasteiger partial charge in [-0.05, 0) is 0 Å². The van der Waals surface area contributed by atoms with Crippen LogP contribution in [0.25, 0.3) is 22.9 Å². The zero-order valence-electron chi connectivity index (χ0n) is 13.5. The molecule has 0 bridgehead atoms. The first-order chi connectivity index (χ1) is 11.3. The maximum Gasteiger partial charge on any atom is 0.187 e. The Balaban J connectivity index is -0.0000000203. The molecule has 10 radical (unpaired) electrons. The molecule has 0 unspecified atom stereocenters. The van der Waals surface area contributed by atoms with Crippen molar-refractivity contribution in [3.8, 4) is 61.2 Å². The Morgan fingerprint density at radius 3 is 0.542 bits per heavy atom. The fourth-order valence-electron chi connectivity index (χ4n) is 0. The van der Waals surface area contributed by atoms with Gasteiger partial charge in [0.1, 0.15) is 0 Å². The molecule has 0 fully saturated rings. The van der Waals surface area contributed by atoms with Gasteiger partial charge in [0.05, 0.1) is 0 Å². The highest BCUT2D eigenvalue weighted by Crippen LogP contribution is 1.48. The first-order valence-electron chi connectivity index (χ1n) is 5.12. The highest BCUT2D eigenvalue weighted by atomic mass is 14.7. The van der Waals surface area contributed by atoms with E-state index >= 15 is 0 Å². The zero-order valence-corrected chi connectivity index (χ0v) is 13.5. The van der Waals surface area contributed by atoms with Crippen molar-refractivity contribution in [1.29, 1.82) is 0 Å². The largest absolute Gasteiger partial charge is 0.696 e. The van der Waals surface area contributed by atoms with Crippen LogP contribution in [0.3, 0.4) is 0 Å². The SMILES string of the molecule is NCN.[B]C#C.[B]C#C.[B]C#C.[B]C#C.[B]C#C.[NH-]C[NH-].[NH-]C[NH-]. The summed E-state index contributed by atoms with van der Waals surface area (Å²) < 4.78 is 0. The second-order valence-electron chi connectivity index (χ2n) is 1.42. The maximum atomic E-state index is 5.88. The first kappa shape index (κ1) is 49.5. The molecule has 0 heterocycles. The van der Waals surface area contributed by atoms with E-state index in [4.69, 9.17) is 22.9 Å². The van der Waals surface area contributed by atoms with E-state index in [1.54, 1.807) is 29.1 Å². The topological polar surface area (TPSA) is 147 Å². The third-order valence-corrected chi connectivity index (χ3v) is 0. The maximum absolute atomic E-state index is 5.88. The number of hydrogen-bond acceptors (Lipinski definition) is 2. The molecule has 11 heteroatoms. The Bertz CT molecular complexity index is 246. The molecule has 6 nitrogen and oxygen atoms in total. The van der Waals surface area contributed by atoms with Crippen LogP contribution in [-0.2, 0) is 0 Å². The van der Waals surface area contributed by atoms with Crippen molar-refractivity contribution in [3.05, 3.63) is 22.9 Å². The molecule has 0 aromatic carbocycles. The molecule has 0 aromatic rings. The van der Waals surface area contributed by atoms with Crippen molar-refractivity contribution < 1.29 is 0 Å². The minimum Gasteiger partial charge on any atom is -0.696 e. The first-order valence-corrected chi connectivity index (χ1v) is 5.12. The van der Waals surface area contributed by atoms with Gasteiger partial charge in [-0.2, -0.15) is 29.1 Å². The van der Waals surface area contributed by atoms with Gasteiger partial charge in [0, 0.05) is 6.67 Å². The molecule has 0 amide bonds. The average molecular weight is 313 g/mol. The standard InChI is InChI=1S/5C2HB.CH6N2.2CH4N2/c5*1-2-3;3*2-1-3/h5*1H;1-3H2;2*2-3H,1H2/q;;;;;;2*-2. The Labute approximate surface area is 155 Å². The van der Waals surface area contributed by atoms with Crippen LogP contribution in [0.2, 0.25) is 0 Å². The Hall–Kier alpha value is -2.12. The fraction of sp³-hybridized carbons (Fsp3) is 0.231. The minimum absolute atomic E-state index is 0.250. The van der Waals surface area contributed by atoms with Gasteiger partial charge >= 0.3 is 0 Å². The van der Waals surface area contributed by atoms with Crippen LogP contribution in [-0.4, -0.2) is 59.2 Å². The second-order valence-corrected chi connectivity index (χ2v) is 1.42. The third kappa shape index (κ3) is 1580. The molecule has 0 spiro atoms. The Morgan fingerprint density at radius 1 is 0.542 bits per heavy atom. The molecule has 0 aliphatic carbocycles. The van der Waals surface area contributed by atoms with Gasteiger partial charge < -0.3 is 34.4 Å². The summed E-state index contributed by atoms with van der Waals surface area (Å²) in [4.78, 5) is 0. The predicted octanol–water partition coefficient (Wildman–Crippen LogP) is -0.314. The summed E-state index contributed by atoms with van der Waals surface area (Å²) in [6, 6.07) is 0. The van der Waals surface area contributed by atoms with Crippen molar-refractivity contribution in [3.63, 3.8) is 0 Å². The van der Waals surface area contributed by atoms with Crippen LogP contribution in [0.4, 0.5) is 0 Å². The Kier molecular flexibility index (Phi) is 492. The number of nitrogens with one attached hydrogen (secondary N) is 4. The normalized spacial score (nSPS) is 3.71. The van der Waals surface area contributed by atoms with E-state index in [0.717, 1.165) is 0 Å². The molecule has 8 N–H and O–H groups in total. The lowest BCUT2D eigenvalue weighted by atomic mass is 10.2. The smallest absolute Gasteiger partial charge is 0.187 e. The van der Waals surface area contributed by atoms with E-state index < -0.39 is 0 Å². The molecule has 0 saturated heterocycles. The van der Waals surface area contributed by atoms with E-state index in [0.29, 0.717) is 0 Å². The molecule has 0 aromatic heterocycles. The van der Waals surface area contributed by atoms with Crippen molar-refractivity contribution in [1.82, 2.24) is 0 Å². The molecular formula is C13H19B5N6-4. The third-order valence-electron chi connectivity index (χ3n) is 0. The summed E-state index contributed by atoms with van der Waals surface area (Å²) in [5.41, 5.74) is 32.8. The van der Waals surface area contributed by atoms with Crippen molar-refractivity contribution in [2.75, 3.05) is 20.0 Å². The van der Waals surface area contributed by atoms with Gasteiger partial charge in [0.15, 0.2) is 39.2 Å². The summed E-state index contributed by atoms with van der Waals surface area (Å²) >= 11 is 0. The minimum atomic E-state index is -0.250. The van der Waals surface area contributed by atoms with Crippen LogP contribution in [0, 0.1) is 61.2 Å². The molecular weight excluding hydrogens is 294 g/mol. The lowest BCUT2D eigenvalue weighted by molar-refractivity contribution is 1.07. The van der Waals surface area contributed by atoms with Crippen LogP contribution < -0.4 is 11.5 Å². The van der Waals surface area contributed by atoms with Crippen LogP contribution in [0.15, 0.2) is 0 Å². The van der Waals surface area contributed by atoms with Gasteiger partial charge in [0.25, 0.3) is 0 Å². The van der Waals surface area contributed by atoms with E-state index in [1.807, 2.05) is 0 Å². The molecule has 24 heavy (non-hydrogen) atoms. The number of rotatable bonds is 0. The van der Waals surface area contributed by atoms with Crippen molar-refractivity contribution in [2.24, 2.45) is 11.5 Å². The molecule has 0 saturated carbocycles. The average Bonchev–Trinajstić information content (AvgIpc) is 2.45. The van der Waals surface area contributed by atoms with Crippen molar-refractivity contribution >= 4 is 39.2 Å². The van der Waals surface area contributed by atoms with Crippen LogP contribution in [0.1, 0.15) is 0 Å². The van der Waals surface area contributed by atoms with E-state index in [-0.39, 0.29) is 20.0 Å². The van der Waals surface area contributed by atoms with Gasteiger partial charge in [-0.15, -0.1) is 32.1 Å². The summed E-state index contributed by atoms with van der Waals surface area (Å²) in [5, 5.41) is 0. The van der Waals surface area contributed by atoms with Gasteiger partial charge in [0.2, 0.25) is 0 Å². The van der Waals surface area contributed by atoms with Crippen LogP contribution >= 0.6 is 0 Å². The summed E-state index contributed by atoms with van der Waals surface area (Å²) in [6.07, 6.45) is 21.9. The van der Waals surface area contributed by atoms with Gasteiger partial charge in [-0.3, -0.25) is 13.3 Å². The van der Waals surface area contributed by atoms with Crippen molar-refractivity contribution in [2.45, 2.75) is 0 Å². The molecule has 0 aliphatic rings. The molecule has 0 aliphatic heterocycles. The van der Waals surface area contributed by atoms with Gasteiger partial charge in [-0.25, -0.2) is 0 Å². The van der Waals surface area contributed by atoms with E-state index in [2.05, 4.69) is 82.8 Å². The van der Waals surface area contributed by atoms with Crippen LogP contribution in [0.5, 0.6) is 0 Å². The summed E-state index contributed by atoms with van der Waals surface area (Å²) in [7, 11) is 21.9.